The Balaban J connectivity index is 1.51. The number of hydrogen-bond acceptors (Lipinski definition) is 4. The first-order chi connectivity index (χ1) is 16.4. The third-order valence-corrected chi connectivity index (χ3v) is 7.11. The van der Waals surface area contributed by atoms with Gasteiger partial charge in [-0.15, -0.1) is 0 Å². The van der Waals surface area contributed by atoms with Crippen LogP contribution in [0, 0.1) is 6.92 Å². The number of aromatic nitrogens is 1. The molecule has 0 aliphatic carbocycles. The summed E-state index contributed by atoms with van der Waals surface area (Å²) in [6.45, 7) is 1.90. The molecule has 1 amide bonds. The number of pyridine rings is 1. The van der Waals surface area contributed by atoms with Crippen molar-refractivity contribution in [2.24, 2.45) is 0 Å². The number of sulfonamides is 1. The van der Waals surface area contributed by atoms with Gasteiger partial charge in [-0.3, -0.25) is 9.78 Å². The quantitative estimate of drug-likeness (QED) is 0.414. The Bertz CT molecular complexity index is 1430. The van der Waals surface area contributed by atoms with Crippen molar-refractivity contribution in [3.63, 3.8) is 0 Å². The van der Waals surface area contributed by atoms with Crippen LogP contribution in [0.2, 0.25) is 0 Å². The Hall–Kier alpha value is -3.81. The van der Waals surface area contributed by atoms with Crippen LogP contribution in [0.4, 0.5) is 0 Å². The smallest absolute Gasteiger partial charge is 0.251 e. The molecular formula is C27H25N3O3S. The van der Waals surface area contributed by atoms with E-state index in [-0.39, 0.29) is 22.9 Å². The Labute approximate surface area is 199 Å². The molecule has 4 rings (SSSR count). The Morgan fingerprint density at radius 2 is 1.50 bits per heavy atom. The lowest BCUT2D eigenvalue weighted by molar-refractivity contribution is 0.0950. The van der Waals surface area contributed by atoms with Crippen LogP contribution >= 0.6 is 0 Å². The molecule has 0 bridgehead atoms. The van der Waals surface area contributed by atoms with Crippen molar-refractivity contribution in [3.05, 3.63) is 108 Å². The van der Waals surface area contributed by atoms with Crippen molar-refractivity contribution < 1.29 is 13.2 Å². The van der Waals surface area contributed by atoms with Crippen LogP contribution < -0.4 is 10.0 Å². The van der Waals surface area contributed by atoms with E-state index in [4.69, 9.17) is 0 Å². The first kappa shape index (κ1) is 23.4. The van der Waals surface area contributed by atoms with Gasteiger partial charge in [-0.25, -0.2) is 13.1 Å². The normalized spacial score (nSPS) is 11.2. The summed E-state index contributed by atoms with van der Waals surface area (Å²) >= 11 is 0. The molecule has 1 heterocycles. The molecule has 172 valence electrons. The number of rotatable bonds is 7. The van der Waals surface area contributed by atoms with E-state index >= 15 is 0 Å². The molecule has 2 N–H and O–H groups in total. The zero-order chi connectivity index (χ0) is 24.1. The van der Waals surface area contributed by atoms with Crippen molar-refractivity contribution in [2.45, 2.75) is 18.4 Å². The van der Waals surface area contributed by atoms with Crippen LogP contribution in [0.15, 0.2) is 96.0 Å². The Kier molecular flexibility index (Phi) is 6.86. The van der Waals surface area contributed by atoms with Crippen LogP contribution in [0.25, 0.3) is 22.3 Å². The molecule has 0 atom stereocenters. The minimum atomic E-state index is -3.65. The summed E-state index contributed by atoms with van der Waals surface area (Å²) in [6.07, 6.45) is 1.72. The first-order valence-electron chi connectivity index (χ1n) is 10.8. The molecule has 34 heavy (non-hydrogen) atoms. The number of carbonyl (C=O) groups is 1. The predicted molar refractivity (Wildman–Crippen MR) is 134 cm³/mol. The highest BCUT2D eigenvalue weighted by molar-refractivity contribution is 7.89. The largest absolute Gasteiger partial charge is 0.346 e. The van der Waals surface area contributed by atoms with Gasteiger partial charge in [-0.1, -0.05) is 54.6 Å². The third kappa shape index (κ3) is 5.22. The summed E-state index contributed by atoms with van der Waals surface area (Å²) < 4.78 is 26.7. The molecule has 1 aromatic heterocycles. The number of carbonyl (C=O) groups excluding carboxylic acids is 1. The molecule has 0 spiro atoms. The summed E-state index contributed by atoms with van der Waals surface area (Å²) in [5, 5.41) is 2.83. The number of hydrogen-bond donors (Lipinski definition) is 2. The maximum Gasteiger partial charge on any atom is 0.251 e. The van der Waals surface area contributed by atoms with Gasteiger partial charge in [0.05, 0.1) is 17.1 Å². The van der Waals surface area contributed by atoms with E-state index in [2.05, 4.69) is 39.3 Å². The number of nitrogens with one attached hydrogen (secondary N) is 2. The van der Waals surface area contributed by atoms with Crippen LogP contribution in [0.3, 0.4) is 0 Å². The fraction of sp³-hybridized carbons (Fsp3) is 0.111. The first-order valence-corrected chi connectivity index (χ1v) is 12.3. The van der Waals surface area contributed by atoms with E-state index in [1.165, 1.54) is 13.1 Å². The molecule has 0 unspecified atom stereocenters. The average Bonchev–Trinajstić information content (AvgIpc) is 2.88. The van der Waals surface area contributed by atoms with Crippen molar-refractivity contribution >= 4 is 15.9 Å². The van der Waals surface area contributed by atoms with Crippen molar-refractivity contribution in [1.29, 1.82) is 0 Å². The molecule has 0 aliphatic rings. The van der Waals surface area contributed by atoms with Crippen LogP contribution in [-0.4, -0.2) is 26.4 Å². The number of nitrogens with zero attached hydrogens (tertiary/aromatic N) is 1. The van der Waals surface area contributed by atoms with Crippen molar-refractivity contribution in [1.82, 2.24) is 15.0 Å². The van der Waals surface area contributed by atoms with Crippen LogP contribution in [0.1, 0.15) is 21.6 Å². The Morgan fingerprint density at radius 3 is 2.24 bits per heavy atom. The van der Waals surface area contributed by atoms with Crippen LogP contribution in [0.5, 0.6) is 0 Å². The number of aryl methyl sites for hydroxylation is 1. The maximum atomic E-state index is 12.7. The summed E-state index contributed by atoms with van der Waals surface area (Å²) in [5.74, 6) is -0.370. The van der Waals surface area contributed by atoms with Crippen molar-refractivity contribution in [2.75, 3.05) is 7.05 Å². The molecular weight excluding hydrogens is 446 g/mol. The highest BCUT2D eigenvalue weighted by Crippen LogP contribution is 2.26. The van der Waals surface area contributed by atoms with Gasteiger partial charge >= 0.3 is 0 Å². The second-order valence-electron chi connectivity index (χ2n) is 7.85. The molecule has 3 aromatic carbocycles. The van der Waals surface area contributed by atoms with E-state index < -0.39 is 10.0 Å². The lowest BCUT2D eigenvalue weighted by Gasteiger charge is -2.10. The average molecular weight is 472 g/mol. The number of amides is 1. The van der Waals surface area contributed by atoms with Gasteiger partial charge < -0.3 is 5.32 Å². The highest BCUT2D eigenvalue weighted by Gasteiger charge is 2.17. The van der Waals surface area contributed by atoms with E-state index in [0.29, 0.717) is 11.3 Å². The topological polar surface area (TPSA) is 88.2 Å². The fourth-order valence-corrected chi connectivity index (χ4v) is 4.67. The number of benzene rings is 3. The monoisotopic (exact) mass is 471 g/mol. The van der Waals surface area contributed by atoms with Gasteiger partial charge in [0.1, 0.15) is 0 Å². The molecule has 0 aliphatic heterocycles. The van der Waals surface area contributed by atoms with E-state index in [1.54, 1.807) is 25.3 Å². The molecule has 0 saturated carbocycles. The van der Waals surface area contributed by atoms with E-state index in [0.717, 1.165) is 22.3 Å². The standard InChI is InChI=1S/C27H25N3O3S/c1-19-11-12-24(17-26(19)34(32,33)28-2)27(31)30-18-25-16-23(13-14-29-25)22-10-6-9-21(15-22)20-7-4-3-5-8-20/h3-17,28H,18H2,1-2H3,(H,30,31). The highest BCUT2D eigenvalue weighted by atomic mass is 32.2. The fourth-order valence-electron chi connectivity index (χ4n) is 3.68. The van der Waals surface area contributed by atoms with E-state index in [9.17, 15) is 13.2 Å². The SMILES string of the molecule is CNS(=O)(=O)c1cc(C(=O)NCc2cc(-c3cccc(-c4ccccc4)c3)ccn2)ccc1C. The second-order valence-corrected chi connectivity index (χ2v) is 9.71. The molecule has 6 nitrogen and oxygen atoms in total. The lowest BCUT2D eigenvalue weighted by atomic mass is 9.99. The van der Waals surface area contributed by atoms with Gasteiger partial charge in [0.25, 0.3) is 5.91 Å². The minimum Gasteiger partial charge on any atom is -0.346 e. The summed E-state index contributed by atoms with van der Waals surface area (Å²) in [4.78, 5) is 17.2. The summed E-state index contributed by atoms with van der Waals surface area (Å²) in [5.41, 5.74) is 5.85. The summed E-state index contributed by atoms with van der Waals surface area (Å²) in [6, 6.07) is 26.9. The van der Waals surface area contributed by atoms with Gasteiger partial charge in [0, 0.05) is 11.8 Å². The van der Waals surface area contributed by atoms with Gasteiger partial charge in [-0.2, -0.15) is 0 Å². The van der Waals surface area contributed by atoms with E-state index in [1.807, 2.05) is 42.5 Å². The zero-order valence-electron chi connectivity index (χ0n) is 18.9. The molecule has 0 radical (unpaired) electrons. The maximum absolute atomic E-state index is 12.7. The van der Waals surface area contributed by atoms with Crippen molar-refractivity contribution in [3.8, 4) is 22.3 Å². The lowest BCUT2D eigenvalue weighted by Crippen LogP contribution is -2.25. The van der Waals surface area contributed by atoms with Crippen LogP contribution in [-0.2, 0) is 16.6 Å². The zero-order valence-corrected chi connectivity index (χ0v) is 19.8. The van der Waals surface area contributed by atoms with Gasteiger partial charge in [0.15, 0.2) is 0 Å². The predicted octanol–water partition coefficient (Wildman–Crippen LogP) is 4.56. The summed E-state index contributed by atoms with van der Waals surface area (Å²) in [7, 11) is -2.31. The molecule has 0 saturated heterocycles. The molecule has 0 fully saturated rings. The second kappa shape index (κ2) is 9.99. The minimum absolute atomic E-state index is 0.0843. The molecule has 4 aromatic rings. The molecule has 7 heteroatoms. The third-order valence-electron chi connectivity index (χ3n) is 5.56. The Morgan fingerprint density at radius 1 is 0.824 bits per heavy atom. The van der Waals surface area contributed by atoms with Gasteiger partial charge in [-0.05, 0) is 72.1 Å². The van der Waals surface area contributed by atoms with Gasteiger partial charge in [0.2, 0.25) is 10.0 Å².